The number of aromatic nitrogens is 1. The second-order valence-electron chi connectivity index (χ2n) is 3.33. The summed E-state index contributed by atoms with van der Waals surface area (Å²) in [5, 5.41) is 21.0. The summed E-state index contributed by atoms with van der Waals surface area (Å²) in [6.07, 6.45) is 1.55. The van der Waals surface area contributed by atoms with Gasteiger partial charge in [-0.2, -0.15) is 0 Å². The Bertz CT molecular complexity index is 464. The molecule has 1 amide bonds. The first-order chi connectivity index (χ1) is 8.22. The highest BCUT2D eigenvalue weighted by Gasteiger charge is 2.27. The molecule has 6 nitrogen and oxygen atoms in total. The molecule has 0 fully saturated rings. The van der Waals surface area contributed by atoms with E-state index in [-0.39, 0.29) is 11.7 Å². The molecule has 3 N–H and O–H groups in total. The number of amides is 1. The van der Waals surface area contributed by atoms with Crippen LogP contribution in [0.15, 0.2) is 23.3 Å². The Morgan fingerprint density at radius 3 is 3.18 bits per heavy atom. The van der Waals surface area contributed by atoms with E-state index in [9.17, 15) is 9.90 Å². The molecule has 0 unspecified atom stereocenters. The highest BCUT2D eigenvalue weighted by molar-refractivity contribution is 8.14. The van der Waals surface area contributed by atoms with Crippen molar-refractivity contribution < 1.29 is 15.0 Å². The summed E-state index contributed by atoms with van der Waals surface area (Å²) in [5.74, 6) is 0.198. The number of hydrogen-bond donors (Lipinski definition) is 3. The fourth-order valence-electron chi connectivity index (χ4n) is 1.40. The third-order valence-electron chi connectivity index (χ3n) is 2.20. The molecule has 1 aliphatic heterocycles. The zero-order valence-corrected chi connectivity index (χ0v) is 9.65. The lowest BCUT2D eigenvalue weighted by molar-refractivity contribution is -0.122. The standard InChI is InChI=1S/C10H11N3O3S/c14-5-12-9(16)6-4-17-10(13-6)8-7(15)2-1-3-11-8/h1-3,6,14-15H,4-5H2,(H,12,16)/t6-/m1/s1. The minimum atomic E-state index is -0.538. The number of aliphatic imine (C=N–C) groups is 1. The molecule has 0 spiro atoms. The molecule has 90 valence electrons. The molecule has 17 heavy (non-hydrogen) atoms. The third-order valence-corrected chi connectivity index (χ3v) is 3.25. The smallest absolute Gasteiger partial charge is 0.247 e. The van der Waals surface area contributed by atoms with Crippen molar-refractivity contribution in [2.75, 3.05) is 12.5 Å². The number of thioether (sulfide) groups is 1. The van der Waals surface area contributed by atoms with E-state index >= 15 is 0 Å². The molecule has 0 aromatic carbocycles. The lowest BCUT2D eigenvalue weighted by Gasteiger charge is -2.04. The van der Waals surface area contributed by atoms with Gasteiger partial charge in [0.05, 0.1) is 0 Å². The van der Waals surface area contributed by atoms with Crippen LogP contribution in [0.2, 0.25) is 0 Å². The predicted molar refractivity (Wildman–Crippen MR) is 63.9 cm³/mol. The summed E-state index contributed by atoms with van der Waals surface area (Å²) >= 11 is 1.36. The lowest BCUT2D eigenvalue weighted by atomic mass is 10.3. The van der Waals surface area contributed by atoms with E-state index in [4.69, 9.17) is 5.11 Å². The molecule has 2 heterocycles. The maximum Gasteiger partial charge on any atom is 0.247 e. The lowest BCUT2D eigenvalue weighted by Crippen LogP contribution is -2.34. The number of aliphatic hydroxyl groups excluding tert-OH is 1. The van der Waals surface area contributed by atoms with Crippen molar-refractivity contribution >= 4 is 22.7 Å². The number of nitrogens with zero attached hydrogens (tertiary/aromatic N) is 2. The first kappa shape index (κ1) is 11.9. The van der Waals surface area contributed by atoms with Crippen molar-refractivity contribution in [2.45, 2.75) is 6.04 Å². The SMILES string of the molecule is O=C(NCO)[C@H]1CSC(c2ncccc2O)=N1. The molecule has 0 saturated carbocycles. The van der Waals surface area contributed by atoms with E-state index in [1.165, 1.54) is 17.8 Å². The van der Waals surface area contributed by atoms with E-state index in [0.29, 0.717) is 16.5 Å². The minimum absolute atomic E-state index is 0.0435. The van der Waals surface area contributed by atoms with Crippen LogP contribution in [0.5, 0.6) is 5.75 Å². The highest BCUT2D eigenvalue weighted by atomic mass is 32.2. The summed E-state index contributed by atoms with van der Waals surface area (Å²) in [7, 11) is 0. The van der Waals surface area contributed by atoms with Gasteiger partial charge in [-0.3, -0.25) is 14.8 Å². The van der Waals surface area contributed by atoms with Gasteiger partial charge in [-0.05, 0) is 12.1 Å². The molecule has 0 saturated heterocycles. The van der Waals surface area contributed by atoms with E-state index in [1.807, 2.05) is 0 Å². The molecule has 0 bridgehead atoms. The Balaban J connectivity index is 2.17. The van der Waals surface area contributed by atoms with Crippen molar-refractivity contribution in [2.24, 2.45) is 4.99 Å². The molecule has 1 aliphatic rings. The number of pyridine rings is 1. The van der Waals surface area contributed by atoms with Gasteiger partial charge in [0.2, 0.25) is 5.91 Å². The number of nitrogens with one attached hydrogen (secondary N) is 1. The number of carbonyl (C=O) groups is 1. The number of rotatable bonds is 3. The van der Waals surface area contributed by atoms with Crippen molar-refractivity contribution in [1.29, 1.82) is 0 Å². The van der Waals surface area contributed by atoms with Crippen LogP contribution in [0.3, 0.4) is 0 Å². The maximum atomic E-state index is 11.4. The van der Waals surface area contributed by atoms with E-state index < -0.39 is 12.8 Å². The van der Waals surface area contributed by atoms with E-state index in [1.54, 1.807) is 12.3 Å². The van der Waals surface area contributed by atoms with Crippen LogP contribution in [0.1, 0.15) is 5.69 Å². The topological polar surface area (TPSA) is 94.8 Å². The number of aromatic hydroxyl groups is 1. The van der Waals surface area contributed by atoms with Crippen molar-refractivity contribution in [3.63, 3.8) is 0 Å². The Kier molecular flexibility index (Phi) is 3.60. The zero-order chi connectivity index (χ0) is 12.3. The first-order valence-electron chi connectivity index (χ1n) is 4.96. The molecule has 7 heteroatoms. The second kappa shape index (κ2) is 5.15. The predicted octanol–water partition coefficient (Wildman–Crippen LogP) is -0.285. The molecular weight excluding hydrogens is 242 g/mol. The van der Waals surface area contributed by atoms with Gasteiger partial charge in [0, 0.05) is 11.9 Å². The molecule has 1 aromatic heterocycles. The monoisotopic (exact) mass is 253 g/mol. The van der Waals surface area contributed by atoms with Gasteiger partial charge in [-0.25, -0.2) is 0 Å². The maximum absolute atomic E-state index is 11.4. The Labute approximate surface area is 102 Å². The van der Waals surface area contributed by atoms with Crippen LogP contribution in [-0.2, 0) is 4.79 Å². The van der Waals surface area contributed by atoms with Gasteiger partial charge >= 0.3 is 0 Å². The summed E-state index contributed by atoms with van der Waals surface area (Å²) in [6.45, 7) is -0.403. The summed E-state index contributed by atoms with van der Waals surface area (Å²) in [6, 6.07) is 2.60. The summed E-state index contributed by atoms with van der Waals surface area (Å²) in [5.41, 5.74) is 0.386. The molecule has 1 atom stereocenters. The van der Waals surface area contributed by atoms with Gasteiger partial charge in [0.1, 0.15) is 29.3 Å². The van der Waals surface area contributed by atoms with Crippen LogP contribution >= 0.6 is 11.8 Å². The molecule has 0 radical (unpaired) electrons. The Morgan fingerprint density at radius 2 is 2.47 bits per heavy atom. The fourth-order valence-corrected chi connectivity index (χ4v) is 2.43. The normalized spacial score (nSPS) is 18.9. The quantitative estimate of drug-likeness (QED) is 0.644. The van der Waals surface area contributed by atoms with Crippen molar-refractivity contribution in [3.8, 4) is 5.75 Å². The highest BCUT2D eigenvalue weighted by Crippen LogP contribution is 2.26. The summed E-state index contributed by atoms with van der Waals surface area (Å²) < 4.78 is 0. The largest absolute Gasteiger partial charge is 0.506 e. The number of carbonyl (C=O) groups excluding carboxylic acids is 1. The van der Waals surface area contributed by atoms with E-state index in [0.717, 1.165) is 0 Å². The number of hydrogen-bond acceptors (Lipinski definition) is 6. The first-order valence-corrected chi connectivity index (χ1v) is 5.94. The van der Waals surface area contributed by atoms with Crippen LogP contribution in [-0.4, -0.2) is 44.7 Å². The average molecular weight is 253 g/mol. The van der Waals surface area contributed by atoms with Crippen LogP contribution in [0.4, 0.5) is 0 Å². The van der Waals surface area contributed by atoms with Crippen LogP contribution in [0.25, 0.3) is 0 Å². The van der Waals surface area contributed by atoms with Crippen molar-refractivity contribution in [3.05, 3.63) is 24.0 Å². The fraction of sp³-hybridized carbons (Fsp3) is 0.300. The minimum Gasteiger partial charge on any atom is -0.506 e. The van der Waals surface area contributed by atoms with Gasteiger partial charge in [0.25, 0.3) is 0 Å². The van der Waals surface area contributed by atoms with Gasteiger partial charge in [0.15, 0.2) is 0 Å². The average Bonchev–Trinajstić information content (AvgIpc) is 2.79. The number of aliphatic hydroxyl groups is 1. The van der Waals surface area contributed by atoms with Crippen LogP contribution in [0, 0.1) is 0 Å². The van der Waals surface area contributed by atoms with Gasteiger partial charge in [-0.15, -0.1) is 11.8 Å². The Hall–Kier alpha value is -1.60. The second-order valence-corrected chi connectivity index (χ2v) is 4.34. The van der Waals surface area contributed by atoms with Gasteiger partial charge in [-0.1, -0.05) is 0 Å². The molecule has 0 aliphatic carbocycles. The summed E-state index contributed by atoms with van der Waals surface area (Å²) in [4.78, 5) is 19.6. The third kappa shape index (κ3) is 2.56. The Morgan fingerprint density at radius 1 is 1.65 bits per heavy atom. The van der Waals surface area contributed by atoms with Crippen molar-refractivity contribution in [1.82, 2.24) is 10.3 Å². The van der Waals surface area contributed by atoms with Crippen LogP contribution < -0.4 is 5.32 Å². The molecule has 1 aromatic rings. The molecule has 2 rings (SSSR count). The zero-order valence-electron chi connectivity index (χ0n) is 8.83. The van der Waals surface area contributed by atoms with Gasteiger partial charge < -0.3 is 15.5 Å². The molecular formula is C10H11N3O3S. The van der Waals surface area contributed by atoms with E-state index in [2.05, 4.69) is 15.3 Å².